The summed E-state index contributed by atoms with van der Waals surface area (Å²) < 4.78 is 0. The van der Waals surface area contributed by atoms with Crippen molar-refractivity contribution in [1.82, 2.24) is 5.32 Å². The maximum atomic E-state index is 10.7. The molecule has 0 aliphatic heterocycles. The van der Waals surface area contributed by atoms with Crippen molar-refractivity contribution in [2.75, 3.05) is 6.54 Å². The van der Waals surface area contributed by atoms with E-state index in [0.717, 1.165) is 19.3 Å². The van der Waals surface area contributed by atoms with Gasteiger partial charge < -0.3 is 10.4 Å². The first kappa shape index (κ1) is 10.1. The zero-order valence-corrected chi connectivity index (χ0v) is 7.84. The van der Waals surface area contributed by atoms with Gasteiger partial charge in [-0.2, -0.15) is 0 Å². The lowest BCUT2D eigenvalue weighted by Gasteiger charge is -2.11. The molecule has 0 radical (unpaired) electrons. The largest absolute Gasteiger partial charge is 0.480 e. The second-order valence-corrected chi connectivity index (χ2v) is 3.28. The van der Waals surface area contributed by atoms with Crippen molar-refractivity contribution in [3.05, 3.63) is 0 Å². The first-order valence-corrected chi connectivity index (χ1v) is 4.61. The van der Waals surface area contributed by atoms with Crippen LogP contribution in [0.5, 0.6) is 0 Å². The molecule has 0 aromatic rings. The van der Waals surface area contributed by atoms with Gasteiger partial charge in [0.1, 0.15) is 6.04 Å². The van der Waals surface area contributed by atoms with Crippen molar-refractivity contribution < 1.29 is 9.90 Å². The van der Waals surface area contributed by atoms with Gasteiger partial charge in [-0.3, -0.25) is 4.79 Å². The van der Waals surface area contributed by atoms with Gasteiger partial charge in [0, 0.05) is 13.0 Å². The Kier molecular flexibility index (Phi) is 3.78. The molecule has 1 unspecified atom stereocenters. The molecule has 0 heterocycles. The molecule has 13 heavy (non-hydrogen) atoms. The van der Waals surface area contributed by atoms with Crippen LogP contribution in [0.15, 0.2) is 0 Å². The second kappa shape index (κ2) is 4.88. The van der Waals surface area contributed by atoms with Gasteiger partial charge >= 0.3 is 5.97 Å². The fourth-order valence-corrected chi connectivity index (χ4v) is 1.30. The summed E-state index contributed by atoms with van der Waals surface area (Å²) in [5.41, 5.74) is 0. The molecular formula is C10H15NO2. The van der Waals surface area contributed by atoms with Gasteiger partial charge in [-0.25, -0.2) is 0 Å². The lowest BCUT2D eigenvalue weighted by molar-refractivity contribution is -0.140. The summed E-state index contributed by atoms with van der Waals surface area (Å²) in [7, 11) is 0. The fraction of sp³-hybridized carbons (Fsp3) is 0.700. The Hall–Kier alpha value is -1.01. The molecule has 0 amide bonds. The van der Waals surface area contributed by atoms with Crippen molar-refractivity contribution in [1.29, 1.82) is 0 Å². The first-order chi connectivity index (χ1) is 6.25. The highest BCUT2D eigenvalue weighted by molar-refractivity contribution is 5.74. The predicted octanol–water partition coefficient (Wildman–Crippen LogP) is 0.853. The number of rotatable bonds is 5. The zero-order valence-electron chi connectivity index (χ0n) is 7.84. The van der Waals surface area contributed by atoms with Gasteiger partial charge in [0.2, 0.25) is 0 Å². The van der Waals surface area contributed by atoms with Crippen LogP contribution in [-0.4, -0.2) is 23.7 Å². The minimum atomic E-state index is -0.730. The highest BCUT2D eigenvalue weighted by Crippen LogP contribution is 2.32. The number of hydrogen-bond donors (Lipinski definition) is 2. The Balaban J connectivity index is 2.21. The molecule has 0 bridgehead atoms. The molecule has 1 rings (SSSR count). The molecule has 0 spiro atoms. The minimum absolute atomic E-state index is 0.348. The molecule has 2 N–H and O–H groups in total. The molecule has 72 valence electrons. The lowest BCUT2D eigenvalue weighted by atomic mass is 10.2. The molecule has 0 aromatic heterocycles. The van der Waals surface area contributed by atoms with E-state index >= 15 is 0 Å². The van der Waals surface area contributed by atoms with Crippen molar-refractivity contribution in [2.24, 2.45) is 5.92 Å². The quantitative estimate of drug-likeness (QED) is 0.488. The molecule has 1 fully saturated rings. The highest BCUT2D eigenvalue weighted by Gasteiger charge is 2.35. The Labute approximate surface area is 78.5 Å². The van der Waals surface area contributed by atoms with Crippen LogP contribution >= 0.6 is 0 Å². The van der Waals surface area contributed by atoms with Crippen molar-refractivity contribution in [3.63, 3.8) is 0 Å². The molecule has 1 saturated carbocycles. The Morgan fingerprint density at radius 3 is 2.85 bits per heavy atom. The average molecular weight is 181 g/mol. The van der Waals surface area contributed by atoms with E-state index in [1.807, 2.05) is 0 Å². The van der Waals surface area contributed by atoms with E-state index in [-0.39, 0.29) is 6.04 Å². The Morgan fingerprint density at radius 1 is 1.69 bits per heavy atom. The number of nitrogens with one attached hydrogen (secondary N) is 1. The number of aliphatic carboxylic acids is 1. The average Bonchev–Trinajstić information content (AvgIpc) is 2.87. The molecule has 0 aromatic carbocycles. The van der Waals surface area contributed by atoms with Crippen molar-refractivity contribution in [3.8, 4) is 11.8 Å². The van der Waals surface area contributed by atoms with Crippen molar-refractivity contribution in [2.45, 2.75) is 32.2 Å². The number of carboxylic acid groups (broad SMARTS) is 1. The molecule has 1 aliphatic rings. The lowest BCUT2D eigenvalue weighted by Crippen LogP contribution is -2.38. The summed E-state index contributed by atoms with van der Waals surface area (Å²) in [5, 5.41) is 11.9. The van der Waals surface area contributed by atoms with Gasteiger partial charge in [0.05, 0.1) is 0 Å². The number of carboxylic acids is 1. The van der Waals surface area contributed by atoms with Gasteiger partial charge in [0.25, 0.3) is 0 Å². The van der Waals surface area contributed by atoms with Crippen LogP contribution in [0.2, 0.25) is 0 Å². The van der Waals surface area contributed by atoms with Crippen LogP contribution in [0.4, 0.5) is 0 Å². The third-order valence-electron chi connectivity index (χ3n) is 2.15. The predicted molar refractivity (Wildman–Crippen MR) is 50.2 cm³/mol. The van der Waals surface area contributed by atoms with Crippen LogP contribution in [0, 0.1) is 17.8 Å². The maximum Gasteiger partial charge on any atom is 0.320 e. The molecule has 3 nitrogen and oxygen atoms in total. The van der Waals surface area contributed by atoms with E-state index in [2.05, 4.69) is 17.2 Å². The van der Waals surface area contributed by atoms with Crippen LogP contribution in [-0.2, 0) is 4.79 Å². The molecule has 0 saturated heterocycles. The highest BCUT2D eigenvalue weighted by atomic mass is 16.4. The summed E-state index contributed by atoms with van der Waals surface area (Å²) in [6.45, 7) is 2.46. The smallest absolute Gasteiger partial charge is 0.320 e. The van der Waals surface area contributed by atoms with Crippen LogP contribution < -0.4 is 5.32 Å². The molecular weight excluding hydrogens is 166 g/mol. The van der Waals surface area contributed by atoms with E-state index in [1.165, 1.54) is 0 Å². The third-order valence-corrected chi connectivity index (χ3v) is 2.15. The summed E-state index contributed by atoms with van der Waals surface area (Å²) in [5.74, 6) is 5.30. The van der Waals surface area contributed by atoms with E-state index in [1.54, 1.807) is 6.92 Å². The molecule has 1 atom stereocenters. The minimum Gasteiger partial charge on any atom is -0.480 e. The van der Waals surface area contributed by atoms with Crippen LogP contribution in [0.1, 0.15) is 26.2 Å². The van der Waals surface area contributed by atoms with Crippen LogP contribution in [0.25, 0.3) is 0 Å². The SMILES string of the molecule is CC#CCCNC(C(=O)O)C1CC1. The van der Waals surface area contributed by atoms with E-state index in [4.69, 9.17) is 5.11 Å². The second-order valence-electron chi connectivity index (χ2n) is 3.28. The summed E-state index contributed by atoms with van der Waals surface area (Å²) in [6, 6.07) is -0.348. The van der Waals surface area contributed by atoms with Gasteiger partial charge in [-0.05, 0) is 25.7 Å². The molecule has 1 aliphatic carbocycles. The van der Waals surface area contributed by atoms with Gasteiger partial charge in [-0.15, -0.1) is 11.8 Å². The maximum absolute atomic E-state index is 10.7. The zero-order chi connectivity index (χ0) is 9.68. The van der Waals surface area contributed by atoms with Gasteiger partial charge in [-0.1, -0.05) is 0 Å². The topological polar surface area (TPSA) is 49.3 Å². The number of carbonyl (C=O) groups is 1. The summed E-state index contributed by atoms with van der Waals surface area (Å²) >= 11 is 0. The van der Waals surface area contributed by atoms with E-state index in [9.17, 15) is 4.79 Å². The summed E-state index contributed by atoms with van der Waals surface area (Å²) in [4.78, 5) is 10.7. The molecule has 3 heteroatoms. The standard InChI is InChI=1S/C10H15NO2/c1-2-3-4-7-11-9(10(12)13)8-5-6-8/h8-9,11H,4-7H2,1H3,(H,12,13). The van der Waals surface area contributed by atoms with E-state index < -0.39 is 5.97 Å². The van der Waals surface area contributed by atoms with Crippen molar-refractivity contribution >= 4 is 5.97 Å². The summed E-state index contributed by atoms with van der Waals surface area (Å²) in [6.07, 6.45) is 2.82. The Morgan fingerprint density at radius 2 is 2.38 bits per heavy atom. The number of hydrogen-bond acceptors (Lipinski definition) is 2. The van der Waals surface area contributed by atoms with Gasteiger partial charge in [0.15, 0.2) is 0 Å². The Bertz CT molecular complexity index is 235. The normalized spacial score (nSPS) is 17.3. The third kappa shape index (κ3) is 3.47. The fourth-order valence-electron chi connectivity index (χ4n) is 1.30. The van der Waals surface area contributed by atoms with E-state index in [0.29, 0.717) is 12.5 Å². The monoisotopic (exact) mass is 181 g/mol. The van der Waals surface area contributed by atoms with Crippen LogP contribution in [0.3, 0.4) is 0 Å². The first-order valence-electron chi connectivity index (χ1n) is 4.61.